The van der Waals surface area contributed by atoms with Crippen LogP contribution in [-0.4, -0.2) is 13.1 Å². The Balaban J connectivity index is 1.71. The normalized spacial score (nSPS) is 26.5. The van der Waals surface area contributed by atoms with Crippen molar-refractivity contribution in [2.45, 2.75) is 25.2 Å². The van der Waals surface area contributed by atoms with Crippen LogP contribution in [0.15, 0.2) is 34.9 Å². The number of furan rings is 1. The van der Waals surface area contributed by atoms with Crippen LogP contribution in [0.4, 0.5) is 0 Å². The van der Waals surface area contributed by atoms with Crippen molar-refractivity contribution in [1.82, 2.24) is 5.32 Å². The van der Waals surface area contributed by atoms with Crippen molar-refractivity contribution in [3.8, 4) is 0 Å². The fraction of sp³-hybridized carbons (Fsp3) is 0.467. The van der Waals surface area contributed by atoms with Crippen LogP contribution < -0.4 is 5.32 Å². The van der Waals surface area contributed by atoms with E-state index >= 15 is 0 Å². The van der Waals surface area contributed by atoms with Gasteiger partial charge in [-0.15, -0.1) is 0 Å². The second kappa shape index (κ2) is 3.36. The molecule has 1 aliphatic heterocycles. The van der Waals surface area contributed by atoms with Gasteiger partial charge in [0.2, 0.25) is 0 Å². The highest BCUT2D eigenvalue weighted by Crippen LogP contribution is 2.50. The van der Waals surface area contributed by atoms with E-state index in [1.54, 1.807) is 0 Å². The van der Waals surface area contributed by atoms with Crippen molar-refractivity contribution >= 4 is 11.0 Å². The number of hydrogen-bond acceptors (Lipinski definition) is 2. The average molecular weight is 227 g/mol. The van der Waals surface area contributed by atoms with Gasteiger partial charge in [0.1, 0.15) is 5.58 Å². The van der Waals surface area contributed by atoms with Crippen molar-refractivity contribution in [1.29, 1.82) is 0 Å². The number of para-hydroxylation sites is 1. The van der Waals surface area contributed by atoms with Gasteiger partial charge in [-0.3, -0.25) is 0 Å². The molecule has 4 rings (SSSR count). The molecule has 0 amide bonds. The second-order valence-electron chi connectivity index (χ2n) is 5.73. The minimum absolute atomic E-state index is 0.614. The van der Waals surface area contributed by atoms with Crippen molar-refractivity contribution < 1.29 is 4.42 Å². The summed E-state index contributed by atoms with van der Waals surface area (Å²) in [5.74, 6) is 0.709. The van der Waals surface area contributed by atoms with Gasteiger partial charge in [-0.1, -0.05) is 18.2 Å². The van der Waals surface area contributed by atoms with Gasteiger partial charge in [-0.05, 0) is 36.7 Å². The first-order valence-electron chi connectivity index (χ1n) is 6.53. The van der Waals surface area contributed by atoms with Crippen molar-refractivity contribution in [2.24, 2.45) is 5.41 Å². The van der Waals surface area contributed by atoms with Crippen LogP contribution in [0.3, 0.4) is 0 Å². The molecule has 2 heteroatoms. The first kappa shape index (κ1) is 9.72. The molecule has 1 unspecified atom stereocenters. The Hall–Kier alpha value is -1.28. The quantitative estimate of drug-likeness (QED) is 0.808. The minimum Gasteiger partial charge on any atom is -0.464 e. The maximum absolute atomic E-state index is 5.67. The van der Waals surface area contributed by atoms with Gasteiger partial charge in [-0.2, -0.15) is 0 Å². The maximum Gasteiger partial charge on any atom is 0.134 e. The summed E-state index contributed by atoms with van der Waals surface area (Å²) in [4.78, 5) is 0. The molecular formula is C15H17NO. The molecule has 2 aromatic rings. The van der Waals surface area contributed by atoms with Crippen molar-refractivity contribution in [2.75, 3.05) is 13.1 Å². The van der Waals surface area contributed by atoms with E-state index in [-0.39, 0.29) is 0 Å². The molecule has 1 saturated carbocycles. The summed E-state index contributed by atoms with van der Waals surface area (Å²) in [7, 11) is 0. The molecule has 17 heavy (non-hydrogen) atoms. The van der Waals surface area contributed by atoms with Crippen LogP contribution in [0, 0.1) is 5.41 Å². The van der Waals surface area contributed by atoms with Gasteiger partial charge < -0.3 is 9.73 Å². The topological polar surface area (TPSA) is 25.2 Å². The minimum atomic E-state index is 0.614. The zero-order chi connectivity index (χ0) is 11.3. The molecule has 0 bridgehead atoms. The predicted molar refractivity (Wildman–Crippen MR) is 68.1 cm³/mol. The van der Waals surface area contributed by atoms with Gasteiger partial charge in [0.25, 0.3) is 0 Å². The van der Waals surface area contributed by atoms with Crippen LogP contribution in [-0.2, 0) is 0 Å². The first-order chi connectivity index (χ1) is 8.36. The molecule has 0 radical (unpaired) electrons. The van der Waals surface area contributed by atoms with Gasteiger partial charge in [-0.25, -0.2) is 0 Å². The van der Waals surface area contributed by atoms with Crippen molar-refractivity contribution in [3.05, 3.63) is 36.1 Å². The van der Waals surface area contributed by atoms with Gasteiger partial charge in [0.05, 0.1) is 6.26 Å². The van der Waals surface area contributed by atoms with Gasteiger partial charge >= 0.3 is 0 Å². The van der Waals surface area contributed by atoms with E-state index in [1.165, 1.54) is 43.3 Å². The van der Waals surface area contributed by atoms with Crippen molar-refractivity contribution in [3.63, 3.8) is 0 Å². The predicted octanol–water partition coefficient (Wildman–Crippen LogP) is 3.29. The van der Waals surface area contributed by atoms with Crippen LogP contribution >= 0.6 is 0 Å². The Morgan fingerprint density at radius 2 is 2.12 bits per heavy atom. The average Bonchev–Trinajstić information content (AvgIpc) is 2.92. The summed E-state index contributed by atoms with van der Waals surface area (Å²) in [6, 6.07) is 8.41. The number of hydrogen-bond donors (Lipinski definition) is 1. The zero-order valence-corrected chi connectivity index (χ0v) is 9.91. The van der Waals surface area contributed by atoms with E-state index in [9.17, 15) is 0 Å². The van der Waals surface area contributed by atoms with Crippen LogP contribution in [0.2, 0.25) is 0 Å². The lowest BCUT2D eigenvalue weighted by Gasteiger charge is -2.39. The Morgan fingerprint density at radius 1 is 1.24 bits per heavy atom. The summed E-state index contributed by atoms with van der Waals surface area (Å²) in [6.45, 7) is 2.44. The van der Waals surface area contributed by atoms with Crippen LogP contribution in [0.25, 0.3) is 11.0 Å². The molecule has 2 fully saturated rings. The molecule has 1 aromatic carbocycles. The summed E-state index contributed by atoms with van der Waals surface area (Å²) >= 11 is 0. The third-order valence-electron chi connectivity index (χ3n) is 4.65. The molecule has 2 heterocycles. The molecule has 1 aromatic heterocycles. The largest absolute Gasteiger partial charge is 0.464 e. The fourth-order valence-electron chi connectivity index (χ4n) is 3.59. The molecule has 1 atom stereocenters. The zero-order valence-electron chi connectivity index (χ0n) is 9.91. The fourth-order valence-corrected chi connectivity index (χ4v) is 3.59. The first-order valence-corrected chi connectivity index (χ1v) is 6.53. The lowest BCUT2D eigenvalue weighted by atomic mass is 9.79. The molecule has 1 spiro atoms. The second-order valence-corrected chi connectivity index (χ2v) is 5.73. The molecule has 88 valence electrons. The van der Waals surface area contributed by atoms with E-state index in [0.29, 0.717) is 11.3 Å². The monoisotopic (exact) mass is 227 g/mol. The van der Waals surface area contributed by atoms with E-state index in [4.69, 9.17) is 4.42 Å². The number of rotatable bonds is 1. The maximum atomic E-state index is 5.67. The summed E-state index contributed by atoms with van der Waals surface area (Å²) < 4.78 is 5.67. The highest BCUT2D eigenvalue weighted by molar-refractivity contribution is 5.81. The van der Waals surface area contributed by atoms with E-state index < -0.39 is 0 Å². The number of fused-ring (bicyclic) bond motifs is 1. The van der Waals surface area contributed by atoms with E-state index in [1.807, 2.05) is 12.3 Å². The lowest BCUT2D eigenvalue weighted by Crippen LogP contribution is -2.51. The SMILES string of the molecule is c1ccc2c(C3CCC4(CNC4)C3)coc2c1. The molecule has 2 aliphatic rings. The Bertz CT molecular complexity index is 553. The lowest BCUT2D eigenvalue weighted by molar-refractivity contribution is 0.175. The molecule has 2 nitrogen and oxygen atoms in total. The standard InChI is InChI=1S/C15H17NO/c1-2-4-14-12(3-1)13(8-17-14)11-5-6-15(7-11)9-16-10-15/h1-4,8,11,16H,5-7,9-10H2. The Labute approximate surface area is 101 Å². The number of benzene rings is 1. The Kier molecular flexibility index (Phi) is 1.92. The number of nitrogens with one attached hydrogen (secondary N) is 1. The smallest absolute Gasteiger partial charge is 0.134 e. The highest BCUT2D eigenvalue weighted by Gasteiger charge is 2.44. The summed E-state index contributed by atoms with van der Waals surface area (Å²) in [5, 5.41) is 4.74. The highest BCUT2D eigenvalue weighted by atomic mass is 16.3. The van der Waals surface area contributed by atoms with Crippen LogP contribution in [0.1, 0.15) is 30.7 Å². The molecule has 1 N–H and O–H groups in total. The molecular weight excluding hydrogens is 210 g/mol. The van der Waals surface area contributed by atoms with Gasteiger partial charge in [0.15, 0.2) is 0 Å². The summed E-state index contributed by atoms with van der Waals surface area (Å²) in [6.07, 6.45) is 6.03. The van der Waals surface area contributed by atoms with E-state index in [0.717, 1.165) is 5.58 Å². The third kappa shape index (κ3) is 1.37. The van der Waals surface area contributed by atoms with Gasteiger partial charge in [0, 0.05) is 24.0 Å². The molecule has 1 aliphatic carbocycles. The molecule has 1 saturated heterocycles. The summed E-state index contributed by atoms with van der Waals surface area (Å²) in [5.41, 5.74) is 3.09. The Morgan fingerprint density at radius 3 is 2.88 bits per heavy atom. The van der Waals surface area contributed by atoms with E-state index in [2.05, 4.69) is 23.5 Å². The van der Waals surface area contributed by atoms with Crippen LogP contribution in [0.5, 0.6) is 0 Å². The third-order valence-corrected chi connectivity index (χ3v) is 4.65.